The summed E-state index contributed by atoms with van der Waals surface area (Å²) in [5.74, 6) is 1.73. The van der Waals surface area contributed by atoms with E-state index in [2.05, 4.69) is 19.2 Å². The topological polar surface area (TPSA) is 30.5 Å². The van der Waals surface area contributed by atoms with E-state index in [9.17, 15) is 0 Å². The maximum atomic E-state index is 5.20. The van der Waals surface area contributed by atoms with Crippen LogP contribution < -0.4 is 5.32 Å². The van der Waals surface area contributed by atoms with Gasteiger partial charge in [0.1, 0.15) is 0 Å². The lowest BCUT2D eigenvalue weighted by Gasteiger charge is -2.31. The summed E-state index contributed by atoms with van der Waals surface area (Å²) in [5.41, 5.74) is 0. The lowest BCUT2D eigenvalue weighted by molar-refractivity contribution is -0.100. The molecule has 0 bridgehead atoms. The van der Waals surface area contributed by atoms with Crippen LogP contribution in [0.1, 0.15) is 46.0 Å². The minimum Gasteiger partial charge on any atom is -0.355 e. The Hall–Kier alpha value is -0.120. The molecule has 17 heavy (non-hydrogen) atoms. The molecule has 0 radical (unpaired) electrons. The molecular weight excluding hydrogens is 214 g/mol. The Bertz CT molecular complexity index is 193. The zero-order valence-corrected chi connectivity index (χ0v) is 11.9. The molecule has 1 saturated carbocycles. The van der Waals surface area contributed by atoms with Gasteiger partial charge in [0.15, 0.2) is 6.29 Å². The molecule has 0 heterocycles. The maximum absolute atomic E-state index is 5.20. The van der Waals surface area contributed by atoms with E-state index in [4.69, 9.17) is 9.47 Å². The minimum absolute atomic E-state index is 0.111. The molecule has 0 saturated heterocycles. The Labute approximate surface area is 106 Å². The molecule has 0 amide bonds. The minimum atomic E-state index is -0.111. The fraction of sp³-hybridized carbons (Fsp3) is 1.00. The Morgan fingerprint density at radius 1 is 1.18 bits per heavy atom. The molecule has 3 nitrogen and oxygen atoms in total. The quantitative estimate of drug-likeness (QED) is 0.697. The van der Waals surface area contributed by atoms with Crippen molar-refractivity contribution < 1.29 is 9.47 Å². The number of ether oxygens (including phenoxy) is 2. The van der Waals surface area contributed by atoms with E-state index in [1.54, 1.807) is 14.2 Å². The Morgan fingerprint density at radius 3 is 2.47 bits per heavy atom. The molecule has 2 unspecified atom stereocenters. The van der Waals surface area contributed by atoms with E-state index in [-0.39, 0.29) is 6.29 Å². The second kappa shape index (κ2) is 8.06. The molecule has 0 spiro atoms. The zero-order valence-electron chi connectivity index (χ0n) is 11.9. The molecule has 0 aliphatic heterocycles. The van der Waals surface area contributed by atoms with Gasteiger partial charge >= 0.3 is 0 Å². The van der Waals surface area contributed by atoms with Gasteiger partial charge in [-0.2, -0.15) is 0 Å². The van der Waals surface area contributed by atoms with E-state index in [0.29, 0.717) is 6.04 Å². The van der Waals surface area contributed by atoms with Crippen molar-refractivity contribution in [3.8, 4) is 0 Å². The van der Waals surface area contributed by atoms with Crippen LogP contribution in [0.3, 0.4) is 0 Å². The van der Waals surface area contributed by atoms with Gasteiger partial charge in [0, 0.05) is 26.8 Å². The molecule has 1 aliphatic carbocycles. The van der Waals surface area contributed by atoms with E-state index in [1.807, 2.05) is 0 Å². The first kappa shape index (κ1) is 14.9. The molecule has 2 atom stereocenters. The largest absolute Gasteiger partial charge is 0.355 e. The normalized spacial score (nSPS) is 25.8. The van der Waals surface area contributed by atoms with Crippen molar-refractivity contribution in [2.24, 2.45) is 11.8 Å². The first-order valence-electron chi connectivity index (χ1n) is 6.94. The second-order valence-corrected chi connectivity index (χ2v) is 5.67. The van der Waals surface area contributed by atoms with E-state index in [1.165, 1.54) is 32.1 Å². The Balaban J connectivity index is 2.24. The van der Waals surface area contributed by atoms with E-state index < -0.39 is 0 Å². The molecule has 1 aliphatic rings. The van der Waals surface area contributed by atoms with Crippen LogP contribution in [-0.4, -0.2) is 33.1 Å². The van der Waals surface area contributed by atoms with Gasteiger partial charge in [0.2, 0.25) is 0 Å². The van der Waals surface area contributed by atoms with Crippen LogP contribution >= 0.6 is 0 Å². The van der Waals surface area contributed by atoms with Crippen LogP contribution in [0.2, 0.25) is 0 Å². The Morgan fingerprint density at radius 2 is 1.88 bits per heavy atom. The van der Waals surface area contributed by atoms with Gasteiger partial charge in [-0.1, -0.05) is 26.7 Å². The van der Waals surface area contributed by atoms with Crippen LogP contribution in [0, 0.1) is 11.8 Å². The first-order valence-corrected chi connectivity index (χ1v) is 6.94. The summed E-state index contributed by atoms with van der Waals surface area (Å²) in [7, 11) is 3.39. The van der Waals surface area contributed by atoms with Crippen molar-refractivity contribution in [2.75, 3.05) is 20.8 Å². The van der Waals surface area contributed by atoms with Gasteiger partial charge in [-0.25, -0.2) is 0 Å². The summed E-state index contributed by atoms with van der Waals surface area (Å²) in [6, 6.07) is 0.653. The van der Waals surface area contributed by atoms with Crippen LogP contribution in [0.15, 0.2) is 0 Å². The fourth-order valence-corrected chi connectivity index (χ4v) is 2.88. The highest BCUT2D eigenvalue weighted by atomic mass is 16.7. The van der Waals surface area contributed by atoms with Crippen LogP contribution in [-0.2, 0) is 9.47 Å². The van der Waals surface area contributed by atoms with Crippen molar-refractivity contribution in [2.45, 2.75) is 58.3 Å². The molecule has 0 aromatic heterocycles. The first-order chi connectivity index (χ1) is 8.15. The standard InChI is InChI=1S/C14H29NO2/c1-11(2)8-12-6-5-7-13(9-12)15-10-14(16-3)17-4/h11-15H,5-10H2,1-4H3. The van der Waals surface area contributed by atoms with Gasteiger partial charge in [-0.05, 0) is 31.1 Å². The number of hydrogen-bond donors (Lipinski definition) is 1. The van der Waals surface area contributed by atoms with Crippen molar-refractivity contribution in [3.05, 3.63) is 0 Å². The van der Waals surface area contributed by atoms with Crippen molar-refractivity contribution in [3.63, 3.8) is 0 Å². The van der Waals surface area contributed by atoms with Gasteiger partial charge in [0.25, 0.3) is 0 Å². The predicted octanol–water partition coefficient (Wildman–Crippen LogP) is 2.80. The van der Waals surface area contributed by atoms with E-state index in [0.717, 1.165) is 18.4 Å². The number of rotatable bonds is 7. The van der Waals surface area contributed by atoms with Crippen molar-refractivity contribution in [1.82, 2.24) is 5.32 Å². The molecule has 1 rings (SSSR count). The van der Waals surface area contributed by atoms with Gasteiger partial charge in [0.05, 0.1) is 0 Å². The summed E-state index contributed by atoms with van der Waals surface area (Å²) in [5, 5.41) is 3.58. The molecule has 3 heteroatoms. The Kier molecular flexibility index (Phi) is 7.09. The van der Waals surface area contributed by atoms with Crippen LogP contribution in [0.4, 0.5) is 0 Å². The fourth-order valence-electron chi connectivity index (χ4n) is 2.88. The zero-order chi connectivity index (χ0) is 12.7. The summed E-state index contributed by atoms with van der Waals surface area (Å²) >= 11 is 0. The summed E-state index contributed by atoms with van der Waals surface area (Å²) in [6.07, 6.45) is 6.65. The summed E-state index contributed by atoms with van der Waals surface area (Å²) in [6.45, 7) is 5.44. The van der Waals surface area contributed by atoms with Gasteiger partial charge in [-0.3, -0.25) is 0 Å². The monoisotopic (exact) mass is 243 g/mol. The summed E-state index contributed by atoms with van der Waals surface area (Å²) < 4.78 is 10.4. The lowest BCUT2D eigenvalue weighted by Crippen LogP contribution is -2.40. The average molecular weight is 243 g/mol. The van der Waals surface area contributed by atoms with Gasteiger partial charge < -0.3 is 14.8 Å². The number of methoxy groups -OCH3 is 2. The molecule has 1 N–H and O–H groups in total. The third kappa shape index (κ3) is 5.84. The highest BCUT2D eigenvalue weighted by Crippen LogP contribution is 2.29. The summed E-state index contributed by atoms with van der Waals surface area (Å²) in [4.78, 5) is 0. The van der Waals surface area contributed by atoms with Crippen LogP contribution in [0.5, 0.6) is 0 Å². The number of hydrogen-bond acceptors (Lipinski definition) is 3. The van der Waals surface area contributed by atoms with Crippen molar-refractivity contribution in [1.29, 1.82) is 0 Å². The van der Waals surface area contributed by atoms with Crippen LogP contribution in [0.25, 0.3) is 0 Å². The highest BCUT2D eigenvalue weighted by Gasteiger charge is 2.22. The van der Waals surface area contributed by atoms with E-state index >= 15 is 0 Å². The third-order valence-electron chi connectivity index (χ3n) is 3.69. The average Bonchev–Trinajstić information content (AvgIpc) is 2.30. The second-order valence-electron chi connectivity index (χ2n) is 5.67. The molecule has 0 aromatic rings. The third-order valence-corrected chi connectivity index (χ3v) is 3.69. The smallest absolute Gasteiger partial charge is 0.169 e. The molecule has 0 aromatic carbocycles. The molecule has 1 fully saturated rings. The lowest BCUT2D eigenvalue weighted by atomic mass is 9.81. The molecular formula is C14H29NO2. The SMILES string of the molecule is COC(CNC1CCCC(CC(C)C)C1)OC. The van der Waals surface area contributed by atoms with Crippen molar-refractivity contribution >= 4 is 0 Å². The van der Waals surface area contributed by atoms with Gasteiger partial charge in [-0.15, -0.1) is 0 Å². The highest BCUT2D eigenvalue weighted by molar-refractivity contribution is 4.78. The maximum Gasteiger partial charge on any atom is 0.169 e. The predicted molar refractivity (Wildman–Crippen MR) is 71.0 cm³/mol. The number of nitrogens with one attached hydrogen (secondary N) is 1. The molecule has 102 valence electrons.